The van der Waals surface area contributed by atoms with Gasteiger partial charge >= 0.3 is 0 Å². The van der Waals surface area contributed by atoms with Crippen LogP contribution >= 0.6 is 0 Å². The van der Waals surface area contributed by atoms with E-state index in [9.17, 15) is 0 Å². The highest BCUT2D eigenvalue weighted by Crippen LogP contribution is 2.08. The lowest BCUT2D eigenvalue weighted by molar-refractivity contribution is 0.0665. The number of ether oxygens (including phenoxy) is 2. The average molecular weight is 215 g/mol. The van der Waals surface area contributed by atoms with Gasteiger partial charge in [0.25, 0.3) is 5.89 Å². The van der Waals surface area contributed by atoms with Gasteiger partial charge in [-0.2, -0.15) is 4.98 Å². The van der Waals surface area contributed by atoms with Crippen LogP contribution in [0.4, 0.5) is 0 Å². The third kappa shape index (κ3) is 3.94. The van der Waals surface area contributed by atoms with Crippen LogP contribution in [0.25, 0.3) is 0 Å². The number of hydrogen-bond donors (Lipinski definition) is 1. The molecule has 0 fully saturated rings. The Bertz CT molecular complexity index is 288. The van der Waals surface area contributed by atoms with E-state index >= 15 is 0 Å². The van der Waals surface area contributed by atoms with E-state index in [0.717, 1.165) is 0 Å². The third-order valence-corrected chi connectivity index (χ3v) is 1.69. The van der Waals surface area contributed by atoms with Crippen LogP contribution in [0.1, 0.15) is 31.6 Å². The molecule has 1 unspecified atom stereocenters. The Labute approximate surface area is 88.7 Å². The molecule has 0 radical (unpaired) electrons. The van der Waals surface area contributed by atoms with E-state index in [1.807, 2.05) is 13.8 Å². The number of nitrogens with zero attached hydrogens (tertiary/aromatic N) is 2. The summed E-state index contributed by atoms with van der Waals surface area (Å²) >= 11 is 0. The Hall–Kier alpha value is -0.980. The molecule has 0 bridgehead atoms. The molecule has 0 saturated heterocycles. The summed E-state index contributed by atoms with van der Waals surface area (Å²) in [5, 5.41) is 3.74. The van der Waals surface area contributed by atoms with E-state index in [0.29, 0.717) is 24.9 Å². The molecular formula is C9H17N3O3. The fraction of sp³-hybridized carbons (Fsp3) is 0.778. The van der Waals surface area contributed by atoms with Gasteiger partial charge < -0.3 is 19.7 Å². The highest BCUT2D eigenvalue weighted by Gasteiger charge is 2.14. The van der Waals surface area contributed by atoms with Crippen LogP contribution in [0.15, 0.2) is 4.52 Å². The molecule has 0 aromatic carbocycles. The molecule has 6 heteroatoms. The normalized spacial score (nSPS) is 13.4. The van der Waals surface area contributed by atoms with Gasteiger partial charge in [-0.3, -0.25) is 0 Å². The minimum atomic E-state index is -0.359. The van der Waals surface area contributed by atoms with Crippen molar-refractivity contribution in [3.05, 3.63) is 11.7 Å². The maximum atomic E-state index is 5.80. The van der Waals surface area contributed by atoms with Gasteiger partial charge in [-0.25, -0.2) is 0 Å². The van der Waals surface area contributed by atoms with E-state index in [2.05, 4.69) is 10.1 Å². The summed E-state index contributed by atoms with van der Waals surface area (Å²) in [6.45, 7) is 4.56. The van der Waals surface area contributed by atoms with Gasteiger partial charge in [0.15, 0.2) is 5.82 Å². The van der Waals surface area contributed by atoms with Gasteiger partial charge in [0, 0.05) is 7.11 Å². The summed E-state index contributed by atoms with van der Waals surface area (Å²) in [6.07, 6.45) is 0.140. The summed E-state index contributed by atoms with van der Waals surface area (Å²) in [5.41, 5.74) is 5.80. The van der Waals surface area contributed by atoms with Crippen molar-refractivity contribution in [2.75, 3.05) is 13.7 Å². The number of aromatic nitrogens is 2. The van der Waals surface area contributed by atoms with E-state index in [1.54, 1.807) is 7.11 Å². The Balaban J connectivity index is 2.46. The Kier molecular flexibility index (Phi) is 4.67. The summed E-state index contributed by atoms with van der Waals surface area (Å²) in [6, 6.07) is -0.359. The van der Waals surface area contributed by atoms with Gasteiger partial charge in [0.1, 0.15) is 6.61 Å². The zero-order valence-electron chi connectivity index (χ0n) is 9.27. The fourth-order valence-electron chi connectivity index (χ4n) is 0.971. The van der Waals surface area contributed by atoms with Crippen molar-refractivity contribution in [2.45, 2.75) is 32.6 Å². The van der Waals surface area contributed by atoms with Crippen molar-refractivity contribution in [2.24, 2.45) is 5.73 Å². The SMILES string of the molecule is COCc1nc(C(N)COC(C)C)no1. The van der Waals surface area contributed by atoms with E-state index in [1.165, 1.54) is 0 Å². The first-order valence-electron chi connectivity index (χ1n) is 4.82. The topological polar surface area (TPSA) is 83.4 Å². The largest absolute Gasteiger partial charge is 0.377 e. The van der Waals surface area contributed by atoms with Crippen molar-refractivity contribution >= 4 is 0 Å². The molecule has 1 aromatic heterocycles. The van der Waals surface area contributed by atoms with Crippen LogP contribution in [0.2, 0.25) is 0 Å². The van der Waals surface area contributed by atoms with Gasteiger partial charge in [-0.05, 0) is 13.8 Å². The summed E-state index contributed by atoms with van der Waals surface area (Å²) in [7, 11) is 1.56. The van der Waals surface area contributed by atoms with Gasteiger partial charge in [0.2, 0.25) is 0 Å². The molecule has 1 heterocycles. The summed E-state index contributed by atoms with van der Waals surface area (Å²) < 4.78 is 15.1. The van der Waals surface area contributed by atoms with Crippen LogP contribution in [0.5, 0.6) is 0 Å². The van der Waals surface area contributed by atoms with Crippen LogP contribution in [-0.2, 0) is 16.1 Å². The Morgan fingerprint density at radius 1 is 1.47 bits per heavy atom. The number of hydrogen-bond acceptors (Lipinski definition) is 6. The molecule has 15 heavy (non-hydrogen) atoms. The second-order valence-corrected chi connectivity index (χ2v) is 3.47. The maximum Gasteiger partial charge on any atom is 0.252 e. The monoisotopic (exact) mass is 215 g/mol. The van der Waals surface area contributed by atoms with Crippen LogP contribution in [-0.4, -0.2) is 30.0 Å². The van der Waals surface area contributed by atoms with Crippen LogP contribution in [0, 0.1) is 0 Å². The van der Waals surface area contributed by atoms with Crippen LogP contribution < -0.4 is 5.73 Å². The summed E-state index contributed by atoms with van der Waals surface area (Å²) in [5.74, 6) is 0.871. The molecule has 0 amide bonds. The first-order chi connectivity index (χ1) is 7.13. The Morgan fingerprint density at radius 2 is 2.20 bits per heavy atom. The van der Waals surface area contributed by atoms with E-state index in [-0.39, 0.29) is 12.1 Å². The second-order valence-electron chi connectivity index (χ2n) is 3.47. The average Bonchev–Trinajstić information content (AvgIpc) is 2.63. The highest BCUT2D eigenvalue weighted by atomic mass is 16.5. The molecule has 86 valence electrons. The van der Waals surface area contributed by atoms with Crippen molar-refractivity contribution in [3.8, 4) is 0 Å². The molecule has 2 N–H and O–H groups in total. The standard InChI is InChI=1S/C9H17N3O3/c1-6(2)14-4-7(10)9-11-8(5-13-3)15-12-9/h6-7H,4-5,10H2,1-3H3. The molecule has 0 aliphatic carbocycles. The zero-order valence-corrected chi connectivity index (χ0v) is 9.27. The molecule has 0 aliphatic rings. The highest BCUT2D eigenvalue weighted by molar-refractivity contribution is 4.92. The predicted octanol–water partition coefficient (Wildman–Crippen LogP) is 0.641. The smallest absolute Gasteiger partial charge is 0.252 e. The lowest BCUT2D eigenvalue weighted by atomic mass is 10.3. The van der Waals surface area contributed by atoms with Crippen molar-refractivity contribution < 1.29 is 14.0 Å². The minimum absolute atomic E-state index is 0.140. The molecule has 6 nitrogen and oxygen atoms in total. The molecule has 1 aromatic rings. The zero-order chi connectivity index (χ0) is 11.3. The molecule has 1 rings (SSSR count). The molecule has 0 aliphatic heterocycles. The van der Waals surface area contributed by atoms with Gasteiger partial charge in [-0.15, -0.1) is 0 Å². The Morgan fingerprint density at radius 3 is 2.80 bits per heavy atom. The molecule has 0 spiro atoms. The molecular weight excluding hydrogens is 198 g/mol. The van der Waals surface area contributed by atoms with Crippen LogP contribution in [0.3, 0.4) is 0 Å². The summed E-state index contributed by atoms with van der Waals surface area (Å²) in [4.78, 5) is 4.07. The third-order valence-electron chi connectivity index (χ3n) is 1.69. The number of nitrogens with two attached hydrogens (primary N) is 1. The van der Waals surface area contributed by atoms with Gasteiger partial charge in [0.05, 0.1) is 18.8 Å². The minimum Gasteiger partial charge on any atom is -0.377 e. The molecule has 0 saturated carbocycles. The number of methoxy groups -OCH3 is 1. The lowest BCUT2D eigenvalue weighted by Gasteiger charge is -2.10. The molecule has 1 atom stereocenters. The maximum absolute atomic E-state index is 5.80. The second kappa shape index (κ2) is 5.79. The lowest BCUT2D eigenvalue weighted by Crippen LogP contribution is -2.20. The first kappa shape index (κ1) is 12.1. The quantitative estimate of drug-likeness (QED) is 0.749. The van der Waals surface area contributed by atoms with Crippen molar-refractivity contribution in [1.29, 1.82) is 0 Å². The van der Waals surface area contributed by atoms with Gasteiger partial charge in [-0.1, -0.05) is 5.16 Å². The predicted molar refractivity (Wildman–Crippen MR) is 53.0 cm³/mol. The van der Waals surface area contributed by atoms with E-state index in [4.69, 9.17) is 19.7 Å². The first-order valence-corrected chi connectivity index (χ1v) is 4.82. The fourth-order valence-corrected chi connectivity index (χ4v) is 0.971. The van der Waals surface area contributed by atoms with E-state index < -0.39 is 0 Å². The van der Waals surface area contributed by atoms with Crippen molar-refractivity contribution in [1.82, 2.24) is 10.1 Å². The van der Waals surface area contributed by atoms with Crippen molar-refractivity contribution in [3.63, 3.8) is 0 Å². The number of rotatable bonds is 6.